The standard InChI is InChI=1S/C17H23ClN2O4/c1-2-23-17(22)10-8-15(21)20-13-4-6-14(7-5-13)24-16-9-3-12(18)11-19-16/h3,9,11,13-14H,2,4-8,10H2,1H3,(H,20,21). The number of rotatable bonds is 7. The molecule has 132 valence electrons. The molecule has 1 N–H and O–H groups in total. The zero-order chi connectivity index (χ0) is 17.4. The summed E-state index contributed by atoms with van der Waals surface area (Å²) in [4.78, 5) is 27.2. The molecule has 1 amide bonds. The van der Waals surface area contributed by atoms with E-state index in [1.807, 2.05) is 0 Å². The third kappa shape index (κ3) is 6.35. The molecule has 24 heavy (non-hydrogen) atoms. The molecule has 1 fully saturated rings. The minimum Gasteiger partial charge on any atom is -0.474 e. The zero-order valence-electron chi connectivity index (χ0n) is 13.8. The number of hydrogen-bond donors (Lipinski definition) is 1. The van der Waals surface area contributed by atoms with E-state index in [1.165, 1.54) is 0 Å². The van der Waals surface area contributed by atoms with Gasteiger partial charge in [0.15, 0.2) is 0 Å². The maximum Gasteiger partial charge on any atom is 0.306 e. The van der Waals surface area contributed by atoms with Gasteiger partial charge in [-0.05, 0) is 38.7 Å². The molecule has 1 aromatic heterocycles. The molecule has 0 atom stereocenters. The van der Waals surface area contributed by atoms with Crippen LogP contribution in [0.5, 0.6) is 5.88 Å². The van der Waals surface area contributed by atoms with Gasteiger partial charge in [-0.1, -0.05) is 11.6 Å². The van der Waals surface area contributed by atoms with Crippen molar-refractivity contribution in [2.75, 3.05) is 6.61 Å². The Balaban J connectivity index is 1.66. The molecule has 0 spiro atoms. The molecule has 0 bridgehead atoms. The maximum absolute atomic E-state index is 11.9. The largest absolute Gasteiger partial charge is 0.474 e. The summed E-state index contributed by atoms with van der Waals surface area (Å²) < 4.78 is 10.6. The first kappa shape index (κ1) is 18.5. The summed E-state index contributed by atoms with van der Waals surface area (Å²) in [5, 5.41) is 3.55. The summed E-state index contributed by atoms with van der Waals surface area (Å²) in [7, 11) is 0. The lowest BCUT2D eigenvalue weighted by Crippen LogP contribution is -2.39. The summed E-state index contributed by atoms with van der Waals surface area (Å²) in [6.07, 6.45) is 5.37. The Bertz CT molecular complexity index is 542. The molecule has 1 aliphatic rings. The average Bonchev–Trinajstić information content (AvgIpc) is 2.57. The Labute approximate surface area is 146 Å². The van der Waals surface area contributed by atoms with Crippen molar-refractivity contribution in [1.82, 2.24) is 10.3 Å². The van der Waals surface area contributed by atoms with Gasteiger partial charge in [0.2, 0.25) is 11.8 Å². The summed E-state index contributed by atoms with van der Waals surface area (Å²) >= 11 is 5.80. The van der Waals surface area contributed by atoms with Crippen molar-refractivity contribution in [3.63, 3.8) is 0 Å². The number of amides is 1. The molecular weight excluding hydrogens is 332 g/mol. The first-order chi connectivity index (χ1) is 11.6. The fourth-order valence-corrected chi connectivity index (χ4v) is 2.79. The molecule has 0 saturated heterocycles. The van der Waals surface area contributed by atoms with E-state index >= 15 is 0 Å². The third-order valence-electron chi connectivity index (χ3n) is 3.89. The fourth-order valence-electron chi connectivity index (χ4n) is 2.68. The van der Waals surface area contributed by atoms with Crippen LogP contribution >= 0.6 is 11.6 Å². The summed E-state index contributed by atoms with van der Waals surface area (Å²) in [6.45, 7) is 2.09. The second-order valence-electron chi connectivity index (χ2n) is 5.78. The van der Waals surface area contributed by atoms with Crippen LogP contribution in [0.2, 0.25) is 5.02 Å². The lowest BCUT2D eigenvalue weighted by Gasteiger charge is -2.29. The molecule has 0 unspecified atom stereocenters. The molecule has 0 aromatic carbocycles. The number of hydrogen-bond acceptors (Lipinski definition) is 5. The van der Waals surface area contributed by atoms with Gasteiger partial charge in [0.25, 0.3) is 0 Å². The van der Waals surface area contributed by atoms with Gasteiger partial charge in [0.1, 0.15) is 6.10 Å². The van der Waals surface area contributed by atoms with E-state index in [1.54, 1.807) is 25.3 Å². The summed E-state index contributed by atoms with van der Waals surface area (Å²) in [6, 6.07) is 3.64. The average molecular weight is 355 g/mol. The van der Waals surface area contributed by atoms with Gasteiger partial charge in [0.05, 0.1) is 18.1 Å². The summed E-state index contributed by atoms with van der Waals surface area (Å²) in [5.41, 5.74) is 0. The van der Waals surface area contributed by atoms with E-state index in [2.05, 4.69) is 10.3 Å². The molecule has 2 rings (SSSR count). The first-order valence-electron chi connectivity index (χ1n) is 8.30. The van der Waals surface area contributed by atoms with Crippen molar-refractivity contribution >= 4 is 23.5 Å². The Hall–Kier alpha value is -1.82. The molecule has 0 aliphatic heterocycles. The van der Waals surface area contributed by atoms with Gasteiger partial charge in [-0.25, -0.2) is 4.98 Å². The van der Waals surface area contributed by atoms with E-state index in [0.29, 0.717) is 17.5 Å². The van der Waals surface area contributed by atoms with Crippen molar-refractivity contribution in [3.05, 3.63) is 23.4 Å². The number of nitrogens with zero attached hydrogens (tertiary/aromatic N) is 1. The van der Waals surface area contributed by atoms with Gasteiger partial charge >= 0.3 is 5.97 Å². The first-order valence-corrected chi connectivity index (χ1v) is 8.67. The van der Waals surface area contributed by atoms with Crippen molar-refractivity contribution in [1.29, 1.82) is 0 Å². The predicted octanol–water partition coefficient (Wildman–Crippen LogP) is 2.88. The second-order valence-corrected chi connectivity index (χ2v) is 6.22. The molecule has 0 radical (unpaired) electrons. The quantitative estimate of drug-likeness (QED) is 0.762. The van der Waals surface area contributed by atoms with Gasteiger partial charge in [0, 0.05) is 24.7 Å². The van der Waals surface area contributed by atoms with Gasteiger partial charge in [-0.3, -0.25) is 9.59 Å². The normalized spacial score (nSPS) is 20.2. The Morgan fingerprint density at radius 3 is 2.62 bits per heavy atom. The van der Waals surface area contributed by atoms with Crippen molar-refractivity contribution in [2.24, 2.45) is 0 Å². The van der Waals surface area contributed by atoms with Crippen molar-refractivity contribution in [2.45, 2.75) is 57.6 Å². The number of nitrogens with one attached hydrogen (secondary N) is 1. The molecule has 1 heterocycles. The monoisotopic (exact) mass is 354 g/mol. The molecule has 1 aliphatic carbocycles. The highest BCUT2D eigenvalue weighted by Gasteiger charge is 2.24. The number of ether oxygens (including phenoxy) is 2. The topological polar surface area (TPSA) is 77.5 Å². The number of pyridine rings is 1. The van der Waals surface area contributed by atoms with Crippen LogP contribution in [-0.4, -0.2) is 35.6 Å². The third-order valence-corrected chi connectivity index (χ3v) is 4.11. The molecule has 6 nitrogen and oxygen atoms in total. The van der Waals surface area contributed by atoms with E-state index < -0.39 is 0 Å². The SMILES string of the molecule is CCOC(=O)CCC(=O)NC1CCC(Oc2ccc(Cl)cn2)CC1. The molecular formula is C17H23ClN2O4. The number of aromatic nitrogens is 1. The molecule has 7 heteroatoms. The number of carbonyl (C=O) groups is 2. The van der Waals surface area contributed by atoms with Crippen LogP contribution in [0, 0.1) is 0 Å². The highest BCUT2D eigenvalue weighted by atomic mass is 35.5. The van der Waals surface area contributed by atoms with Gasteiger partial charge in [-0.2, -0.15) is 0 Å². The zero-order valence-corrected chi connectivity index (χ0v) is 14.6. The molecule has 1 saturated carbocycles. The van der Waals surface area contributed by atoms with Crippen molar-refractivity contribution in [3.8, 4) is 5.88 Å². The summed E-state index contributed by atoms with van der Waals surface area (Å²) in [5.74, 6) is 0.133. The lowest BCUT2D eigenvalue weighted by atomic mass is 9.93. The second kappa shape index (κ2) is 9.47. The van der Waals surface area contributed by atoms with E-state index in [9.17, 15) is 9.59 Å². The Morgan fingerprint density at radius 2 is 2.00 bits per heavy atom. The minimum atomic E-state index is -0.333. The fraction of sp³-hybridized carbons (Fsp3) is 0.588. The number of esters is 1. The smallest absolute Gasteiger partial charge is 0.306 e. The van der Waals surface area contributed by atoms with Crippen LogP contribution in [0.25, 0.3) is 0 Å². The van der Waals surface area contributed by atoms with Crippen LogP contribution in [0.4, 0.5) is 0 Å². The van der Waals surface area contributed by atoms with Gasteiger partial charge in [-0.15, -0.1) is 0 Å². The van der Waals surface area contributed by atoms with Gasteiger partial charge < -0.3 is 14.8 Å². The van der Waals surface area contributed by atoms with Crippen LogP contribution in [-0.2, 0) is 14.3 Å². The Kier molecular flexibility index (Phi) is 7.31. The maximum atomic E-state index is 11.9. The van der Waals surface area contributed by atoms with E-state index in [4.69, 9.17) is 21.1 Å². The highest BCUT2D eigenvalue weighted by Crippen LogP contribution is 2.23. The van der Waals surface area contributed by atoms with Crippen LogP contribution in [0.3, 0.4) is 0 Å². The van der Waals surface area contributed by atoms with Crippen LogP contribution in [0.1, 0.15) is 45.4 Å². The van der Waals surface area contributed by atoms with Crippen molar-refractivity contribution < 1.29 is 19.1 Å². The Morgan fingerprint density at radius 1 is 1.25 bits per heavy atom. The van der Waals surface area contributed by atoms with Crippen LogP contribution < -0.4 is 10.1 Å². The van der Waals surface area contributed by atoms with Crippen LogP contribution in [0.15, 0.2) is 18.3 Å². The lowest BCUT2D eigenvalue weighted by molar-refractivity contribution is -0.144. The molecule has 1 aromatic rings. The van der Waals surface area contributed by atoms with E-state index in [-0.39, 0.29) is 36.9 Å². The predicted molar refractivity (Wildman–Crippen MR) is 89.9 cm³/mol. The highest BCUT2D eigenvalue weighted by molar-refractivity contribution is 6.30. The number of carbonyl (C=O) groups excluding carboxylic acids is 2. The van der Waals surface area contributed by atoms with E-state index in [0.717, 1.165) is 25.7 Å². The number of halogens is 1. The minimum absolute atomic E-state index is 0.103.